The summed E-state index contributed by atoms with van der Waals surface area (Å²) in [6.07, 6.45) is 3.55. The van der Waals surface area contributed by atoms with Gasteiger partial charge in [0, 0.05) is 23.9 Å². The summed E-state index contributed by atoms with van der Waals surface area (Å²) in [5.41, 5.74) is 0. The zero-order valence-electron chi connectivity index (χ0n) is 13.8. The maximum Gasteiger partial charge on any atom is 0.288 e. The Bertz CT molecular complexity index is 885. The number of rotatable bonds is 5. The Morgan fingerprint density at radius 3 is 3.00 bits per heavy atom. The zero-order valence-corrected chi connectivity index (χ0v) is 16.3. The normalized spacial score (nSPS) is 26.4. The second-order valence-electron chi connectivity index (χ2n) is 6.86. The van der Waals surface area contributed by atoms with E-state index in [1.165, 1.54) is 11.3 Å². The summed E-state index contributed by atoms with van der Waals surface area (Å²) >= 11 is 7.11. The summed E-state index contributed by atoms with van der Waals surface area (Å²) in [7, 11) is -2.88. The Balaban J connectivity index is 1.45. The van der Waals surface area contributed by atoms with Crippen LogP contribution < -0.4 is 0 Å². The van der Waals surface area contributed by atoms with Crippen LogP contribution in [0.3, 0.4) is 0 Å². The van der Waals surface area contributed by atoms with E-state index in [0.29, 0.717) is 36.3 Å². The van der Waals surface area contributed by atoms with Crippen molar-refractivity contribution in [2.75, 3.05) is 18.1 Å². The van der Waals surface area contributed by atoms with Gasteiger partial charge in [-0.05, 0) is 48.8 Å². The Morgan fingerprint density at radius 1 is 1.40 bits per heavy atom. The molecule has 2 unspecified atom stereocenters. The van der Waals surface area contributed by atoms with Crippen LogP contribution in [0.4, 0.5) is 0 Å². The van der Waals surface area contributed by atoms with Gasteiger partial charge in [0.15, 0.2) is 9.84 Å². The quantitative estimate of drug-likeness (QED) is 0.720. The zero-order chi connectivity index (χ0) is 17.4. The third-order valence-corrected chi connectivity index (χ3v) is 8.09. The van der Waals surface area contributed by atoms with Gasteiger partial charge >= 0.3 is 0 Å². The maximum absolute atomic E-state index is 11.6. The molecule has 2 aliphatic heterocycles. The van der Waals surface area contributed by atoms with E-state index in [-0.39, 0.29) is 17.4 Å². The largest absolute Gasteiger partial charge is 0.414 e. The lowest BCUT2D eigenvalue weighted by molar-refractivity contribution is 0.190. The van der Waals surface area contributed by atoms with E-state index in [2.05, 4.69) is 27.5 Å². The van der Waals surface area contributed by atoms with Gasteiger partial charge in [-0.15, -0.1) is 16.4 Å². The summed E-state index contributed by atoms with van der Waals surface area (Å²) in [6, 6.07) is 4.69. The standard InChI is InChI=1S/C16H21N3O3S3/c20-25(21)8-5-12(10-25)9-15-17-19(16(23)22-15)11-18-6-1-3-13(18)14-4-2-7-24-14/h2,4,7,12-13H,1,3,5-6,8-11H2. The first kappa shape index (κ1) is 17.4. The van der Waals surface area contributed by atoms with E-state index in [1.54, 1.807) is 16.0 Å². The third-order valence-electron chi connectivity index (χ3n) is 4.99. The van der Waals surface area contributed by atoms with Crippen molar-refractivity contribution >= 4 is 33.4 Å². The molecule has 0 aromatic carbocycles. The van der Waals surface area contributed by atoms with Crippen molar-refractivity contribution in [3.63, 3.8) is 0 Å². The lowest BCUT2D eigenvalue weighted by Gasteiger charge is -2.22. The van der Waals surface area contributed by atoms with Crippen molar-refractivity contribution in [3.8, 4) is 0 Å². The fourth-order valence-electron chi connectivity index (χ4n) is 3.77. The highest BCUT2D eigenvalue weighted by molar-refractivity contribution is 7.91. The van der Waals surface area contributed by atoms with Gasteiger partial charge < -0.3 is 4.42 Å². The third kappa shape index (κ3) is 3.89. The Morgan fingerprint density at radius 2 is 2.28 bits per heavy atom. The predicted molar refractivity (Wildman–Crippen MR) is 98.8 cm³/mol. The number of nitrogens with zero attached hydrogens (tertiary/aromatic N) is 3. The minimum absolute atomic E-state index is 0.0946. The molecule has 2 fully saturated rings. The van der Waals surface area contributed by atoms with E-state index in [1.807, 2.05) is 0 Å². The molecule has 4 rings (SSSR count). The average Bonchev–Trinajstić information content (AvgIpc) is 3.30. The Kier molecular flexibility index (Phi) is 4.83. The average molecular weight is 400 g/mol. The lowest BCUT2D eigenvalue weighted by Crippen LogP contribution is -2.26. The van der Waals surface area contributed by atoms with Gasteiger partial charge in [0.05, 0.1) is 18.2 Å². The molecule has 2 aliphatic rings. The van der Waals surface area contributed by atoms with Crippen molar-refractivity contribution in [1.82, 2.24) is 14.7 Å². The van der Waals surface area contributed by atoms with E-state index >= 15 is 0 Å². The number of aromatic nitrogens is 2. The number of likely N-dealkylation sites (tertiary alicyclic amines) is 1. The van der Waals surface area contributed by atoms with Crippen LogP contribution in [-0.4, -0.2) is 41.1 Å². The molecule has 0 saturated carbocycles. The van der Waals surface area contributed by atoms with Crippen LogP contribution >= 0.6 is 23.6 Å². The molecular formula is C16H21N3O3S3. The molecule has 2 atom stereocenters. The molecule has 2 saturated heterocycles. The highest BCUT2D eigenvalue weighted by atomic mass is 32.2. The fourth-order valence-corrected chi connectivity index (χ4v) is 6.72. The van der Waals surface area contributed by atoms with Gasteiger partial charge in [-0.3, -0.25) is 4.90 Å². The monoisotopic (exact) mass is 399 g/mol. The number of hydrogen-bond donors (Lipinski definition) is 0. The molecule has 0 aliphatic carbocycles. The van der Waals surface area contributed by atoms with Gasteiger partial charge in [-0.25, -0.2) is 13.1 Å². The smallest absolute Gasteiger partial charge is 0.288 e. The molecule has 2 aromatic rings. The number of thiophene rings is 1. The molecule has 9 heteroatoms. The van der Waals surface area contributed by atoms with Crippen LogP contribution in [0.15, 0.2) is 21.9 Å². The summed E-state index contributed by atoms with van der Waals surface area (Å²) in [4.78, 5) is 4.13. The van der Waals surface area contributed by atoms with Crippen LogP contribution in [0.1, 0.15) is 36.1 Å². The first-order valence-corrected chi connectivity index (χ1v) is 11.7. The second-order valence-corrected chi connectivity index (χ2v) is 10.4. The summed E-state index contributed by atoms with van der Waals surface area (Å²) < 4.78 is 30.6. The van der Waals surface area contributed by atoms with Crippen LogP contribution in [0.2, 0.25) is 0 Å². The minimum Gasteiger partial charge on any atom is -0.414 e. The molecule has 0 amide bonds. The fraction of sp³-hybridized carbons (Fsp3) is 0.625. The van der Waals surface area contributed by atoms with Crippen LogP contribution in [0, 0.1) is 10.8 Å². The number of sulfone groups is 1. The molecule has 0 radical (unpaired) electrons. The van der Waals surface area contributed by atoms with Crippen molar-refractivity contribution in [2.24, 2.45) is 5.92 Å². The Labute approximate surface area is 156 Å². The van der Waals surface area contributed by atoms with Gasteiger partial charge in [-0.1, -0.05) is 6.07 Å². The minimum atomic E-state index is -2.88. The summed E-state index contributed by atoms with van der Waals surface area (Å²) in [5, 5.41) is 6.63. The first-order chi connectivity index (χ1) is 12.0. The van der Waals surface area contributed by atoms with Crippen molar-refractivity contribution in [1.29, 1.82) is 0 Å². The van der Waals surface area contributed by atoms with E-state index in [9.17, 15) is 8.42 Å². The first-order valence-electron chi connectivity index (χ1n) is 8.55. The van der Waals surface area contributed by atoms with E-state index in [4.69, 9.17) is 16.6 Å². The molecular weight excluding hydrogens is 378 g/mol. The SMILES string of the molecule is O=S1(=O)CCC(Cc2nn(CN3CCCC3c3cccs3)c(=S)o2)C1. The lowest BCUT2D eigenvalue weighted by atomic mass is 10.1. The van der Waals surface area contributed by atoms with Crippen LogP contribution in [-0.2, 0) is 22.9 Å². The van der Waals surface area contributed by atoms with Gasteiger partial charge in [0.2, 0.25) is 5.89 Å². The molecule has 2 aromatic heterocycles. The van der Waals surface area contributed by atoms with Crippen molar-refractivity contribution in [3.05, 3.63) is 33.1 Å². The highest BCUT2D eigenvalue weighted by Gasteiger charge is 2.30. The molecule has 4 heterocycles. The van der Waals surface area contributed by atoms with Crippen LogP contribution in [0.5, 0.6) is 0 Å². The van der Waals surface area contributed by atoms with Gasteiger partial charge in [0.1, 0.15) is 0 Å². The molecule has 6 nitrogen and oxygen atoms in total. The molecule has 25 heavy (non-hydrogen) atoms. The Hall–Kier alpha value is -1.03. The molecule has 0 spiro atoms. The van der Waals surface area contributed by atoms with Crippen molar-refractivity contribution in [2.45, 2.75) is 38.4 Å². The maximum atomic E-state index is 11.6. The molecule has 0 bridgehead atoms. The van der Waals surface area contributed by atoms with E-state index in [0.717, 1.165) is 13.0 Å². The molecule has 0 N–H and O–H groups in total. The van der Waals surface area contributed by atoms with E-state index < -0.39 is 9.84 Å². The van der Waals surface area contributed by atoms with Crippen LogP contribution in [0.25, 0.3) is 0 Å². The second kappa shape index (κ2) is 6.94. The van der Waals surface area contributed by atoms with Crippen molar-refractivity contribution < 1.29 is 12.8 Å². The predicted octanol–water partition coefficient (Wildman–Crippen LogP) is 3.04. The van der Waals surface area contributed by atoms with Gasteiger partial charge in [-0.2, -0.15) is 0 Å². The molecule has 136 valence electrons. The summed E-state index contributed by atoms with van der Waals surface area (Å²) in [5.74, 6) is 1.15. The number of hydrogen-bond acceptors (Lipinski definition) is 7. The highest BCUT2D eigenvalue weighted by Crippen LogP contribution is 2.34. The van der Waals surface area contributed by atoms with Gasteiger partial charge in [0.25, 0.3) is 4.84 Å². The topological polar surface area (TPSA) is 68.3 Å². The summed E-state index contributed by atoms with van der Waals surface area (Å²) in [6.45, 7) is 1.64.